The molecule has 6 heteroatoms. The molecule has 2 aromatic rings. The van der Waals surface area contributed by atoms with Crippen LogP contribution in [0.15, 0.2) is 33.7 Å². The van der Waals surface area contributed by atoms with Crippen molar-refractivity contribution in [2.75, 3.05) is 6.26 Å². The molecule has 0 unspecified atom stereocenters. The molecule has 122 valence electrons. The Morgan fingerprint density at radius 3 is 2.43 bits per heavy atom. The maximum Gasteiger partial charge on any atom is 0.175 e. The lowest BCUT2D eigenvalue weighted by atomic mass is 9.75. The number of nitrogens with zero attached hydrogens (tertiary/aromatic N) is 1. The third-order valence-corrected chi connectivity index (χ3v) is 5.24. The van der Waals surface area contributed by atoms with Crippen LogP contribution in [0.25, 0.3) is 0 Å². The summed E-state index contributed by atoms with van der Waals surface area (Å²) in [5.74, 6) is 0.632. The summed E-state index contributed by atoms with van der Waals surface area (Å²) >= 11 is 0. The van der Waals surface area contributed by atoms with E-state index in [2.05, 4.69) is 5.16 Å². The molecule has 23 heavy (non-hydrogen) atoms. The summed E-state index contributed by atoms with van der Waals surface area (Å²) in [4.78, 5) is 12.7. The molecule has 1 aromatic heterocycles. The monoisotopic (exact) mass is 333 g/mol. The minimum Gasteiger partial charge on any atom is -0.360 e. The van der Waals surface area contributed by atoms with Gasteiger partial charge >= 0.3 is 0 Å². The highest BCUT2D eigenvalue weighted by Crippen LogP contribution is 2.36. The number of fused-ring (bicyclic) bond motifs is 1. The van der Waals surface area contributed by atoms with Gasteiger partial charge in [-0.1, -0.05) is 31.1 Å². The molecule has 0 bridgehead atoms. The van der Waals surface area contributed by atoms with Gasteiger partial charge in [-0.15, -0.1) is 0 Å². The fraction of sp³-hybridized carbons (Fsp3) is 0.412. The van der Waals surface area contributed by atoms with Crippen LogP contribution >= 0.6 is 0 Å². The molecule has 5 nitrogen and oxygen atoms in total. The van der Waals surface area contributed by atoms with E-state index in [1.807, 2.05) is 13.8 Å². The number of hydrogen-bond donors (Lipinski definition) is 0. The summed E-state index contributed by atoms with van der Waals surface area (Å²) in [6.07, 6.45) is 2.82. The predicted octanol–water partition coefficient (Wildman–Crippen LogP) is 2.82. The fourth-order valence-corrected chi connectivity index (χ4v) is 3.63. The minimum atomic E-state index is -3.21. The van der Waals surface area contributed by atoms with Crippen LogP contribution in [0.3, 0.4) is 0 Å². The number of aromatic nitrogens is 1. The highest BCUT2D eigenvalue weighted by molar-refractivity contribution is 7.90. The van der Waals surface area contributed by atoms with Crippen molar-refractivity contribution >= 4 is 15.6 Å². The summed E-state index contributed by atoms with van der Waals surface area (Å²) in [6.45, 7) is 4.10. The van der Waals surface area contributed by atoms with Gasteiger partial charge < -0.3 is 4.52 Å². The Labute approximate surface area is 135 Å². The first kappa shape index (κ1) is 15.9. The SMILES string of the molecule is CC1(C)CC(=O)c2c(noc2Cc2ccc(S(C)(=O)=O)cc2)C1. The molecule has 0 amide bonds. The van der Waals surface area contributed by atoms with Crippen molar-refractivity contribution in [3.05, 3.63) is 46.8 Å². The lowest BCUT2D eigenvalue weighted by Gasteiger charge is -2.26. The molecule has 0 atom stereocenters. The molecule has 0 aliphatic heterocycles. The normalized spacial score (nSPS) is 17.1. The Morgan fingerprint density at radius 1 is 1.17 bits per heavy atom. The fourth-order valence-electron chi connectivity index (χ4n) is 3.00. The molecule has 0 spiro atoms. The number of Topliss-reactive ketones (excluding diaryl/α,β-unsaturated/α-hetero) is 1. The second-order valence-electron chi connectivity index (χ2n) is 6.96. The molecule has 3 rings (SSSR count). The molecule has 0 N–H and O–H groups in total. The first-order valence-corrected chi connectivity index (χ1v) is 9.34. The van der Waals surface area contributed by atoms with Crippen molar-refractivity contribution in [2.24, 2.45) is 5.41 Å². The van der Waals surface area contributed by atoms with E-state index in [0.717, 1.165) is 17.7 Å². The number of ketones is 1. The van der Waals surface area contributed by atoms with Crippen molar-refractivity contribution in [2.45, 2.75) is 38.0 Å². The van der Waals surface area contributed by atoms with Crippen LogP contribution in [-0.4, -0.2) is 25.6 Å². The lowest BCUT2D eigenvalue weighted by molar-refractivity contribution is 0.0911. The number of hydrogen-bond acceptors (Lipinski definition) is 5. The van der Waals surface area contributed by atoms with Crippen molar-refractivity contribution in [3.63, 3.8) is 0 Å². The topological polar surface area (TPSA) is 77.2 Å². The first-order valence-electron chi connectivity index (χ1n) is 7.45. The zero-order chi connectivity index (χ0) is 16.8. The van der Waals surface area contributed by atoms with Crippen molar-refractivity contribution in [1.82, 2.24) is 5.16 Å². The zero-order valence-electron chi connectivity index (χ0n) is 13.4. The molecule has 0 fully saturated rings. The number of carbonyl (C=O) groups excluding carboxylic acids is 1. The highest BCUT2D eigenvalue weighted by Gasteiger charge is 2.35. The van der Waals surface area contributed by atoms with E-state index < -0.39 is 9.84 Å². The molecule has 0 saturated heterocycles. The average molecular weight is 333 g/mol. The average Bonchev–Trinajstić information content (AvgIpc) is 2.79. The maximum absolute atomic E-state index is 12.4. The molecule has 1 aliphatic carbocycles. The summed E-state index contributed by atoms with van der Waals surface area (Å²) in [5.41, 5.74) is 2.13. The number of sulfone groups is 1. The van der Waals surface area contributed by atoms with Gasteiger partial charge in [0.05, 0.1) is 16.2 Å². The van der Waals surface area contributed by atoms with E-state index in [9.17, 15) is 13.2 Å². The predicted molar refractivity (Wildman–Crippen MR) is 85.3 cm³/mol. The maximum atomic E-state index is 12.4. The standard InChI is InChI=1S/C17H19NO4S/c1-17(2)9-13-16(14(19)10-17)15(22-18-13)8-11-4-6-12(7-5-11)23(3,20)21/h4-7H,8-10H2,1-3H3. The summed E-state index contributed by atoms with van der Waals surface area (Å²) in [7, 11) is -3.21. The molecule has 0 saturated carbocycles. The summed E-state index contributed by atoms with van der Waals surface area (Å²) < 4.78 is 28.4. The largest absolute Gasteiger partial charge is 0.360 e. The van der Waals surface area contributed by atoms with Gasteiger partial charge in [0.25, 0.3) is 0 Å². The minimum absolute atomic E-state index is 0.0697. The van der Waals surface area contributed by atoms with E-state index in [0.29, 0.717) is 24.2 Å². The van der Waals surface area contributed by atoms with Crippen LogP contribution < -0.4 is 0 Å². The second kappa shape index (κ2) is 5.30. The Bertz CT molecular complexity index is 860. The van der Waals surface area contributed by atoms with Gasteiger partial charge in [0.2, 0.25) is 0 Å². The molecule has 0 radical (unpaired) electrons. The van der Waals surface area contributed by atoms with E-state index in [1.165, 1.54) is 6.26 Å². The zero-order valence-corrected chi connectivity index (χ0v) is 14.2. The van der Waals surface area contributed by atoms with Crippen LogP contribution in [0.1, 0.15) is 47.6 Å². The van der Waals surface area contributed by atoms with Gasteiger partial charge in [0.1, 0.15) is 0 Å². The number of carbonyl (C=O) groups is 1. The summed E-state index contributed by atoms with van der Waals surface area (Å²) in [5, 5.41) is 4.06. The molecule has 1 aliphatic rings. The van der Waals surface area contributed by atoms with E-state index >= 15 is 0 Å². The van der Waals surface area contributed by atoms with Gasteiger partial charge in [0.15, 0.2) is 21.4 Å². The molecular formula is C17H19NO4S. The lowest BCUT2D eigenvalue weighted by Crippen LogP contribution is -2.27. The third-order valence-electron chi connectivity index (χ3n) is 4.11. The number of benzene rings is 1. The van der Waals surface area contributed by atoms with Crippen LogP contribution in [-0.2, 0) is 22.7 Å². The van der Waals surface area contributed by atoms with E-state index in [-0.39, 0.29) is 16.1 Å². The van der Waals surface area contributed by atoms with Gasteiger partial charge in [-0.25, -0.2) is 8.42 Å². The van der Waals surface area contributed by atoms with Crippen LogP contribution in [0.5, 0.6) is 0 Å². The van der Waals surface area contributed by atoms with Crippen LogP contribution in [0, 0.1) is 5.41 Å². The first-order chi connectivity index (χ1) is 10.7. The van der Waals surface area contributed by atoms with Gasteiger partial charge in [-0.3, -0.25) is 4.79 Å². The van der Waals surface area contributed by atoms with Crippen LogP contribution in [0.4, 0.5) is 0 Å². The Balaban J connectivity index is 1.88. The van der Waals surface area contributed by atoms with Crippen molar-refractivity contribution in [3.8, 4) is 0 Å². The Hall–Kier alpha value is -1.95. The Morgan fingerprint density at radius 2 is 1.83 bits per heavy atom. The van der Waals surface area contributed by atoms with Crippen molar-refractivity contribution in [1.29, 1.82) is 0 Å². The molecule has 1 heterocycles. The third kappa shape index (κ3) is 3.22. The quantitative estimate of drug-likeness (QED) is 0.863. The highest BCUT2D eigenvalue weighted by atomic mass is 32.2. The van der Waals surface area contributed by atoms with E-state index in [1.54, 1.807) is 24.3 Å². The van der Waals surface area contributed by atoms with Gasteiger partial charge in [0, 0.05) is 19.1 Å². The number of rotatable bonds is 3. The van der Waals surface area contributed by atoms with Gasteiger partial charge in [-0.05, 0) is 29.5 Å². The van der Waals surface area contributed by atoms with Gasteiger partial charge in [-0.2, -0.15) is 0 Å². The van der Waals surface area contributed by atoms with Crippen molar-refractivity contribution < 1.29 is 17.7 Å². The van der Waals surface area contributed by atoms with E-state index in [4.69, 9.17) is 4.52 Å². The second-order valence-corrected chi connectivity index (χ2v) is 8.98. The summed E-state index contributed by atoms with van der Waals surface area (Å²) in [6, 6.07) is 6.61. The van der Waals surface area contributed by atoms with Crippen LogP contribution in [0.2, 0.25) is 0 Å². The Kier molecular flexibility index (Phi) is 3.67. The molecular weight excluding hydrogens is 314 g/mol. The molecule has 1 aromatic carbocycles. The smallest absolute Gasteiger partial charge is 0.175 e.